The number of carbonyl (C=O) groups is 1. The summed E-state index contributed by atoms with van der Waals surface area (Å²) in [5, 5.41) is 2.86. The van der Waals surface area contributed by atoms with Crippen LogP contribution in [-0.2, 0) is 11.3 Å². The Labute approximate surface area is 192 Å². The molecule has 0 saturated heterocycles. The number of nitrogens with zero attached hydrogens (tertiary/aromatic N) is 1. The van der Waals surface area contributed by atoms with Crippen LogP contribution in [0.25, 0.3) is 22.6 Å². The van der Waals surface area contributed by atoms with E-state index in [1.807, 2.05) is 72.8 Å². The lowest BCUT2D eigenvalue weighted by Gasteiger charge is -2.09. The van der Waals surface area contributed by atoms with Crippen LogP contribution >= 0.6 is 0 Å². The number of methoxy groups -OCH3 is 2. The minimum atomic E-state index is -0.175. The molecule has 0 unspecified atom stereocenters. The lowest BCUT2D eigenvalue weighted by atomic mass is 10.1. The predicted molar refractivity (Wildman–Crippen MR) is 126 cm³/mol. The van der Waals surface area contributed by atoms with E-state index in [4.69, 9.17) is 14.2 Å². The van der Waals surface area contributed by atoms with Crippen LogP contribution in [0.1, 0.15) is 5.56 Å². The molecule has 1 amide bonds. The Hall–Kier alpha value is -4.26. The predicted octanol–water partition coefficient (Wildman–Crippen LogP) is 4.46. The third-order valence-corrected chi connectivity index (χ3v) is 5.10. The van der Waals surface area contributed by atoms with E-state index in [0.717, 1.165) is 39.7 Å². The highest BCUT2D eigenvalue weighted by Crippen LogP contribution is 2.33. The van der Waals surface area contributed by atoms with Gasteiger partial charge in [-0.05, 0) is 35.9 Å². The van der Waals surface area contributed by atoms with Gasteiger partial charge in [0, 0.05) is 17.7 Å². The number of hydrogen-bond donors (Lipinski definition) is 2. The number of amides is 1. The average molecular weight is 444 g/mol. The minimum Gasteiger partial charge on any atom is -0.497 e. The zero-order valence-electron chi connectivity index (χ0n) is 18.5. The lowest BCUT2D eigenvalue weighted by molar-refractivity contribution is -0.123. The number of rotatable bonds is 9. The molecule has 4 rings (SSSR count). The van der Waals surface area contributed by atoms with Gasteiger partial charge in [-0.2, -0.15) is 0 Å². The fraction of sp³-hybridized carbons (Fsp3) is 0.154. The molecule has 7 heteroatoms. The van der Waals surface area contributed by atoms with Gasteiger partial charge in [-0.1, -0.05) is 42.5 Å². The largest absolute Gasteiger partial charge is 0.497 e. The molecule has 0 aliphatic heterocycles. The van der Waals surface area contributed by atoms with Crippen molar-refractivity contribution in [3.8, 4) is 39.9 Å². The first-order valence-electron chi connectivity index (χ1n) is 10.5. The summed E-state index contributed by atoms with van der Waals surface area (Å²) in [6.45, 7) is 0.396. The van der Waals surface area contributed by atoms with Gasteiger partial charge in [-0.25, -0.2) is 4.98 Å². The SMILES string of the molecule is COc1ccc(OC)c(-c2cnc(-c3ccc(CNC(=O)COc4ccccc4)cc3)[nH]2)c1. The summed E-state index contributed by atoms with van der Waals surface area (Å²) in [7, 11) is 3.26. The van der Waals surface area contributed by atoms with Crippen LogP contribution in [-0.4, -0.2) is 36.7 Å². The van der Waals surface area contributed by atoms with Crippen LogP contribution < -0.4 is 19.5 Å². The van der Waals surface area contributed by atoms with Gasteiger partial charge in [-0.3, -0.25) is 4.79 Å². The molecule has 168 valence electrons. The molecule has 1 aromatic heterocycles. The monoisotopic (exact) mass is 443 g/mol. The molecule has 7 nitrogen and oxygen atoms in total. The first-order chi connectivity index (χ1) is 16.2. The summed E-state index contributed by atoms with van der Waals surface area (Å²) in [6.07, 6.45) is 1.77. The fourth-order valence-electron chi connectivity index (χ4n) is 3.33. The number of hydrogen-bond acceptors (Lipinski definition) is 5. The number of H-pyrrole nitrogens is 1. The van der Waals surface area contributed by atoms with Crippen molar-refractivity contribution < 1.29 is 19.0 Å². The van der Waals surface area contributed by atoms with E-state index in [0.29, 0.717) is 12.3 Å². The molecule has 0 saturated carbocycles. The molecule has 0 radical (unpaired) electrons. The number of aromatic nitrogens is 2. The van der Waals surface area contributed by atoms with Crippen molar-refractivity contribution in [2.75, 3.05) is 20.8 Å². The zero-order chi connectivity index (χ0) is 23.0. The van der Waals surface area contributed by atoms with Crippen LogP contribution in [0, 0.1) is 0 Å². The van der Waals surface area contributed by atoms with Crippen LogP contribution in [0.4, 0.5) is 0 Å². The van der Waals surface area contributed by atoms with Gasteiger partial charge >= 0.3 is 0 Å². The summed E-state index contributed by atoms with van der Waals surface area (Å²) < 4.78 is 16.3. The summed E-state index contributed by atoms with van der Waals surface area (Å²) >= 11 is 0. The second kappa shape index (κ2) is 10.4. The van der Waals surface area contributed by atoms with E-state index in [9.17, 15) is 4.79 Å². The highest BCUT2D eigenvalue weighted by atomic mass is 16.5. The summed E-state index contributed by atoms with van der Waals surface area (Å²) in [5.74, 6) is 2.70. The van der Waals surface area contributed by atoms with Crippen LogP contribution in [0.2, 0.25) is 0 Å². The molecular weight excluding hydrogens is 418 g/mol. The number of para-hydroxylation sites is 1. The molecule has 0 fully saturated rings. The molecule has 0 bridgehead atoms. The smallest absolute Gasteiger partial charge is 0.258 e. The molecule has 0 atom stereocenters. The van der Waals surface area contributed by atoms with Crippen molar-refractivity contribution in [3.05, 3.63) is 84.6 Å². The normalized spacial score (nSPS) is 10.5. The van der Waals surface area contributed by atoms with E-state index in [-0.39, 0.29) is 12.5 Å². The Morgan fingerprint density at radius 1 is 0.939 bits per heavy atom. The summed E-state index contributed by atoms with van der Waals surface area (Å²) in [5.41, 5.74) is 3.61. The second-order valence-electron chi connectivity index (χ2n) is 7.29. The van der Waals surface area contributed by atoms with E-state index >= 15 is 0 Å². The van der Waals surface area contributed by atoms with Crippen LogP contribution in [0.3, 0.4) is 0 Å². The molecule has 1 heterocycles. The molecule has 33 heavy (non-hydrogen) atoms. The highest BCUT2D eigenvalue weighted by Gasteiger charge is 2.12. The second-order valence-corrected chi connectivity index (χ2v) is 7.29. The van der Waals surface area contributed by atoms with Crippen molar-refractivity contribution in [2.45, 2.75) is 6.54 Å². The lowest BCUT2D eigenvalue weighted by Crippen LogP contribution is -2.28. The van der Waals surface area contributed by atoms with Gasteiger partial charge in [-0.15, -0.1) is 0 Å². The fourth-order valence-corrected chi connectivity index (χ4v) is 3.33. The minimum absolute atomic E-state index is 0.0228. The Bertz CT molecular complexity index is 1200. The maximum Gasteiger partial charge on any atom is 0.258 e. The highest BCUT2D eigenvalue weighted by molar-refractivity contribution is 5.77. The summed E-state index contributed by atoms with van der Waals surface area (Å²) in [6, 6.07) is 22.7. The first kappa shape index (κ1) is 22.0. The maximum atomic E-state index is 12.0. The van der Waals surface area contributed by atoms with Gasteiger partial charge in [0.1, 0.15) is 23.1 Å². The van der Waals surface area contributed by atoms with Gasteiger partial charge in [0.2, 0.25) is 0 Å². The van der Waals surface area contributed by atoms with Gasteiger partial charge in [0.15, 0.2) is 6.61 Å². The van der Waals surface area contributed by atoms with Crippen molar-refractivity contribution >= 4 is 5.91 Å². The molecule has 0 spiro atoms. The molecule has 3 aromatic carbocycles. The van der Waals surface area contributed by atoms with E-state index < -0.39 is 0 Å². The average Bonchev–Trinajstić information content (AvgIpc) is 3.37. The van der Waals surface area contributed by atoms with Crippen molar-refractivity contribution in [1.82, 2.24) is 15.3 Å². The number of benzene rings is 3. The number of ether oxygens (including phenoxy) is 3. The Morgan fingerprint density at radius 2 is 1.73 bits per heavy atom. The maximum absolute atomic E-state index is 12.0. The van der Waals surface area contributed by atoms with E-state index in [2.05, 4.69) is 15.3 Å². The first-order valence-corrected chi connectivity index (χ1v) is 10.5. The summed E-state index contributed by atoms with van der Waals surface area (Å²) in [4.78, 5) is 19.9. The molecule has 0 aliphatic rings. The molecule has 2 N–H and O–H groups in total. The quantitative estimate of drug-likeness (QED) is 0.399. The Morgan fingerprint density at radius 3 is 2.45 bits per heavy atom. The van der Waals surface area contributed by atoms with Crippen LogP contribution in [0.15, 0.2) is 79.0 Å². The van der Waals surface area contributed by atoms with Crippen LogP contribution in [0.5, 0.6) is 17.2 Å². The van der Waals surface area contributed by atoms with E-state index in [1.54, 1.807) is 20.4 Å². The number of imidazole rings is 1. The number of nitrogens with one attached hydrogen (secondary N) is 2. The number of aromatic amines is 1. The van der Waals surface area contributed by atoms with Crippen molar-refractivity contribution in [1.29, 1.82) is 0 Å². The molecular formula is C26H25N3O4. The number of carbonyl (C=O) groups excluding carboxylic acids is 1. The Kier molecular flexibility index (Phi) is 6.90. The third-order valence-electron chi connectivity index (χ3n) is 5.10. The van der Waals surface area contributed by atoms with Gasteiger partial charge in [0.05, 0.1) is 26.1 Å². The van der Waals surface area contributed by atoms with Crippen molar-refractivity contribution in [2.24, 2.45) is 0 Å². The molecule has 0 aliphatic carbocycles. The zero-order valence-corrected chi connectivity index (χ0v) is 18.5. The standard InChI is InChI=1S/C26H25N3O4/c1-31-21-12-13-24(32-2)22(14-21)23-16-28-26(29-23)19-10-8-18(9-11-19)15-27-25(30)17-33-20-6-4-3-5-7-20/h3-14,16H,15,17H2,1-2H3,(H,27,30)(H,28,29). The topological polar surface area (TPSA) is 85.5 Å². The van der Waals surface area contributed by atoms with Gasteiger partial charge < -0.3 is 24.5 Å². The van der Waals surface area contributed by atoms with Gasteiger partial charge in [0.25, 0.3) is 5.91 Å². The van der Waals surface area contributed by atoms with Crippen molar-refractivity contribution in [3.63, 3.8) is 0 Å². The molecule has 4 aromatic rings. The third kappa shape index (κ3) is 5.51. The van der Waals surface area contributed by atoms with E-state index in [1.165, 1.54) is 0 Å². The Balaban J connectivity index is 1.37.